The van der Waals surface area contributed by atoms with Crippen LogP contribution in [0.2, 0.25) is 10.0 Å². The zero-order valence-corrected chi connectivity index (χ0v) is 27.7. The number of carbonyl (C=O) groups excluding carboxylic acids is 2. The summed E-state index contributed by atoms with van der Waals surface area (Å²) in [6, 6.07) is 23.7. The summed E-state index contributed by atoms with van der Waals surface area (Å²) < 4.78 is 70.3. The fraction of sp³-hybridized carbons (Fsp3) is 0.235. The Kier molecular flexibility index (Phi) is 11.6. The first-order valence-corrected chi connectivity index (χ1v) is 16.7. The molecule has 0 fully saturated rings. The fourth-order valence-corrected chi connectivity index (χ4v) is 6.77. The minimum atomic E-state index is -4.91. The van der Waals surface area contributed by atoms with Crippen LogP contribution in [0.1, 0.15) is 30.5 Å². The van der Waals surface area contributed by atoms with E-state index in [-0.39, 0.29) is 23.9 Å². The summed E-state index contributed by atoms with van der Waals surface area (Å²) in [6.07, 6.45) is -4.84. The van der Waals surface area contributed by atoms with Gasteiger partial charge >= 0.3 is 6.18 Å². The summed E-state index contributed by atoms with van der Waals surface area (Å²) in [5.74, 6) is -1.34. The van der Waals surface area contributed by atoms with Crippen LogP contribution >= 0.6 is 23.2 Å². The van der Waals surface area contributed by atoms with E-state index in [9.17, 15) is 31.2 Å². The number of sulfonamides is 1. The van der Waals surface area contributed by atoms with Crippen molar-refractivity contribution >= 4 is 50.7 Å². The van der Waals surface area contributed by atoms with E-state index < -0.39 is 56.9 Å². The van der Waals surface area contributed by atoms with Crippen molar-refractivity contribution in [2.75, 3.05) is 10.8 Å². The molecular weight excluding hydrogens is 674 g/mol. The van der Waals surface area contributed by atoms with Gasteiger partial charge in [0.25, 0.3) is 10.0 Å². The highest BCUT2D eigenvalue weighted by atomic mass is 35.5. The van der Waals surface area contributed by atoms with Gasteiger partial charge in [0.2, 0.25) is 11.8 Å². The number of amides is 2. The minimum Gasteiger partial charge on any atom is -0.352 e. The molecule has 0 radical (unpaired) electrons. The number of alkyl halides is 3. The molecule has 0 saturated heterocycles. The van der Waals surface area contributed by atoms with Crippen LogP contribution < -0.4 is 9.62 Å². The molecule has 1 N–H and O–H groups in total. The second kappa shape index (κ2) is 15.2. The van der Waals surface area contributed by atoms with Crippen molar-refractivity contribution in [3.8, 4) is 0 Å². The average Bonchev–Trinajstić information content (AvgIpc) is 3.02. The third-order valence-electron chi connectivity index (χ3n) is 7.10. The van der Waals surface area contributed by atoms with E-state index in [1.165, 1.54) is 29.2 Å². The molecule has 0 aromatic heterocycles. The van der Waals surface area contributed by atoms with Crippen molar-refractivity contribution in [1.29, 1.82) is 0 Å². The number of rotatable bonds is 12. The number of hydrogen-bond donors (Lipinski definition) is 1. The first-order chi connectivity index (χ1) is 22.2. The van der Waals surface area contributed by atoms with Gasteiger partial charge in [-0.1, -0.05) is 83.9 Å². The molecule has 4 aromatic rings. The van der Waals surface area contributed by atoms with Gasteiger partial charge in [-0.2, -0.15) is 13.2 Å². The number of nitrogens with zero attached hydrogens (tertiary/aromatic N) is 2. The molecule has 13 heteroatoms. The maximum Gasteiger partial charge on any atom is 0.417 e. The second-order valence-corrected chi connectivity index (χ2v) is 13.7. The number of benzene rings is 4. The lowest BCUT2D eigenvalue weighted by molar-refractivity contribution is -0.140. The Morgan fingerprint density at radius 2 is 1.45 bits per heavy atom. The lowest BCUT2D eigenvalue weighted by atomic mass is 10.0. The van der Waals surface area contributed by atoms with Gasteiger partial charge in [0.05, 0.1) is 21.2 Å². The Morgan fingerprint density at radius 1 is 0.830 bits per heavy atom. The molecule has 0 aliphatic heterocycles. The smallest absolute Gasteiger partial charge is 0.352 e. The minimum absolute atomic E-state index is 0.0658. The van der Waals surface area contributed by atoms with E-state index in [2.05, 4.69) is 5.32 Å². The zero-order valence-electron chi connectivity index (χ0n) is 25.4. The quantitative estimate of drug-likeness (QED) is 0.167. The van der Waals surface area contributed by atoms with Gasteiger partial charge in [-0.15, -0.1) is 0 Å². The summed E-state index contributed by atoms with van der Waals surface area (Å²) in [6.45, 7) is 2.42. The second-order valence-electron chi connectivity index (χ2n) is 11.0. The molecule has 0 bridgehead atoms. The maximum absolute atomic E-state index is 14.4. The highest BCUT2D eigenvalue weighted by molar-refractivity contribution is 7.92. The normalized spacial score (nSPS) is 12.4. The highest BCUT2D eigenvalue weighted by Gasteiger charge is 2.37. The first-order valence-electron chi connectivity index (χ1n) is 14.5. The van der Waals surface area contributed by atoms with Crippen molar-refractivity contribution in [3.05, 3.63) is 130 Å². The molecule has 0 saturated carbocycles. The standard InChI is InChI=1S/C34H32Cl2F3N3O4S/c1-23(2)40-33(44)31(19-24-10-5-3-6-11-24)41(21-25-12-9-13-26(35)18-25)32(43)22-42(47(45,46)28-14-7-4-8-15-28)27-16-17-30(36)29(20-27)34(37,38)39/h3-18,20,23,31H,19,21-22H2,1-2H3,(H,40,44)/t31-/m0/s1. The molecule has 4 aromatic carbocycles. The third-order valence-corrected chi connectivity index (χ3v) is 9.45. The Bertz CT molecular complexity index is 1810. The van der Waals surface area contributed by atoms with Gasteiger partial charge in [0, 0.05) is 24.0 Å². The lowest BCUT2D eigenvalue weighted by Gasteiger charge is -2.34. The number of carbonyl (C=O) groups is 2. The van der Waals surface area contributed by atoms with Crippen LogP contribution in [0.15, 0.2) is 108 Å². The summed E-state index contributed by atoms with van der Waals surface area (Å²) in [5.41, 5.74) is -0.439. The summed E-state index contributed by atoms with van der Waals surface area (Å²) >= 11 is 12.1. The SMILES string of the molecule is CC(C)NC(=O)[C@H](Cc1ccccc1)N(Cc1cccc(Cl)c1)C(=O)CN(c1ccc(Cl)c(C(F)(F)F)c1)S(=O)(=O)c1ccccc1. The van der Waals surface area contributed by atoms with Crippen molar-refractivity contribution in [1.82, 2.24) is 10.2 Å². The summed E-state index contributed by atoms with van der Waals surface area (Å²) in [7, 11) is -4.61. The monoisotopic (exact) mass is 705 g/mol. The Balaban J connectivity index is 1.86. The van der Waals surface area contributed by atoms with Crippen LogP contribution in [0.4, 0.5) is 18.9 Å². The summed E-state index contributed by atoms with van der Waals surface area (Å²) in [5, 5.41) is 2.57. The molecule has 0 unspecified atom stereocenters. The van der Waals surface area contributed by atoms with Crippen molar-refractivity contribution in [2.24, 2.45) is 0 Å². The molecule has 0 spiro atoms. The van der Waals surface area contributed by atoms with E-state index >= 15 is 0 Å². The predicted octanol–water partition coefficient (Wildman–Crippen LogP) is 7.37. The van der Waals surface area contributed by atoms with Crippen LogP contribution in [0.5, 0.6) is 0 Å². The Morgan fingerprint density at radius 3 is 2.04 bits per heavy atom. The van der Waals surface area contributed by atoms with Gasteiger partial charge in [-0.25, -0.2) is 8.42 Å². The number of halogens is 5. The molecule has 0 aliphatic carbocycles. The molecule has 1 atom stereocenters. The molecular formula is C34H32Cl2F3N3O4S. The molecule has 248 valence electrons. The van der Waals surface area contributed by atoms with Crippen LogP contribution in [0.3, 0.4) is 0 Å². The fourth-order valence-electron chi connectivity index (χ4n) is 4.90. The van der Waals surface area contributed by atoms with E-state index in [1.807, 2.05) is 0 Å². The first kappa shape index (κ1) is 35.8. The third kappa shape index (κ3) is 9.27. The van der Waals surface area contributed by atoms with E-state index in [0.717, 1.165) is 17.7 Å². The van der Waals surface area contributed by atoms with E-state index in [4.69, 9.17) is 23.2 Å². The van der Waals surface area contributed by atoms with Gasteiger partial charge in [0.1, 0.15) is 12.6 Å². The van der Waals surface area contributed by atoms with Gasteiger partial charge < -0.3 is 10.2 Å². The van der Waals surface area contributed by atoms with Crippen LogP contribution in [-0.4, -0.2) is 43.8 Å². The van der Waals surface area contributed by atoms with Gasteiger partial charge in [-0.05, 0) is 67.4 Å². The maximum atomic E-state index is 14.4. The molecule has 4 rings (SSSR count). The zero-order chi connectivity index (χ0) is 34.4. The van der Waals surface area contributed by atoms with E-state index in [1.54, 1.807) is 74.5 Å². The van der Waals surface area contributed by atoms with Crippen LogP contribution in [0.25, 0.3) is 0 Å². The topological polar surface area (TPSA) is 86.8 Å². The molecule has 7 nitrogen and oxygen atoms in total. The molecule has 2 amide bonds. The van der Waals surface area contributed by atoms with Gasteiger partial charge in [-0.3, -0.25) is 13.9 Å². The van der Waals surface area contributed by atoms with E-state index in [0.29, 0.717) is 21.0 Å². The van der Waals surface area contributed by atoms with Gasteiger partial charge in [0.15, 0.2) is 0 Å². The number of hydrogen-bond acceptors (Lipinski definition) is 4. The number of anilines is 1. The molecule has 47 heavy (non-hydrogen) atoms. The molecule has 0 aliphatic rings. The average molecular weight is 707 g/mol. The van der Waals surface area contributed by atoms with Crippen LogP contribution in [-0.2, 0) is 38.8 Å². The largest absolute Gasteiger partial charge is 0.417 e. The number of nitrogens with one attached hydrogen (secondary N) is 1. The van der Waals surface area contributed by atoms with Crippen molar-refractivity contribution < 1.29 is 31.2 Å². The Labute approximate surface area is 282 Å². The highest BCUT2D eigenvalue weighted by Crippen LogP contribution is 2.38. The summed E-state index contributed by atoms with van der Waals surface area (Å²) in [4.78, 5) is 29.1. The Hall–Kier alpha value is -4.06. The van der Waals surface area contributed by atoms with Crippen molar-refractivity contribution in [3.63, 3.8) is 0 Å². The van der Waals surface area contributed by atoms with Crippen molar-refractivity contribution in [2.45, 2.75) is 50.0 Å². The lowest BCUT2D eigenvalue weighted by Crippen LogP contribution is -2.54. The van der Waals surface area contributed by atoms with Crippen LogP contribution in [0, 0.1) is 0 Å². The predicted molar refractivity (Wildman–Crippen MR) is 177 cm³/mol. The molecule has 0 heterocycles.